The number of hydrogen-bond acceptors (Lipinski definition) is 7. The summed E-state index contributed by atoms with van der Waals surface area (Å²) < 4.78 is 0. The molecule has 2 aliphatic rings. The highest BCUT2D eigenvalue weighted by Crippen LogP contribution is 2.53. The Labute approximate surface area is 172 Å². The highest BCUT2D eigenvalue weighted by atomic mass is 32.2. The van der Waals surface area contributed by atoms with Crippen LogP contribution in [0.2, 0.25) is 0 Å². The van der Waals surface area contributed by atoms with Crippen LogP contribution < -0.4 is 16.0 Å². The molecule has 1 fully saturated rings. The summed E-state index contributed by atoms with van der Waals surface area (Å²) in [6, 6.07) is 18.9. The van der Waals surface area contributed by atoms with Gasteiger partial charge in [-0.3, -0.25) is 15.2 Å². The molecule has 0 aromatic heterocycles. The van der Waals surface area contributed by atoms with Crippen LogP contribution in [-0.2, 0) is 16.1 Å². The molecule has 2 amide bonds. The van der Waals surface area contributed by atoms with Gasteiger partial charge in [0.2, 0.25) is 5.66 Å². The normalized spacial score (nSPS) is 26.0. The number of benzene rings is 2. The number of carbonyl (C=O) groups excluding carboxylic acids is 2. The number of hydrazine groups is 1. The Balaban J connectivity index is 1.99. The first-order valence-corrected chi connectivity index (χ1v) is 10.0. The van der Waals surface area contributed by atoms with Crippen molar-refractivity contribution in [2.75, 3.05) is 19.8 Å². The second-order valence-electron chi connectivity index (χ2n) is 6.84. The van der Waals surface area contributed by atoms with Crippen LogP contribution in [0.5, 0.6) is 0 Å². The van der Waals surface area contributed by atoms with Gasteiger partial charge in [0.15, 0.2) is 10.8 Å². The molecule has 9 heteroatoms. The van der Waals surface area contributed by atoms with Crippen LogP contribution in [0.15, 0.2) is 65.7 Å². The van der Waals surface area contributed by atoms with E-state index in [9.17, 15) is 14.7 Å². The number of hydrogen-bond donors (Lipinski definition) is 2. The minimum Gasteiger partial charge on any atom is -0.549 e. The molecular formula is C20H20N5O3S-. The van der Waals surface area contributed by atoms with E-state index >= 15 is 0 Å². The summed E-state index contributed by atoms with van der Waals surface area (Å²) >= 11 is 1.00. The fourth-order valence-corrected chi connectivity index (χ4v) is 4.68. The van der Waals surface area contributed by atoms with Gasteiger partial charge in [-0.1, -0.05) is 72.4 Å². The molecular weight excluding hydrogens is 390 g/mol. The number of likely N-dealkylation sites (N-methyl/N-ethyl adjacent to an activating group) is 2. The predicted octanol–water partition coefficient (Wildman–Crippen LogP) is 0.637. The number of carbonyl (C=O) groups is 2. The first-order chi connectivity index (χ1) is 13.9. The SMILES string of the molecule is CN1C(=O)N(C)[C@]2(c3ccccc3)NNC(SCC(=O)[O-])=N[C@]12c1ccccc1. The summed E-state index contributed by atoms with van der Waals surface area (Å²) in [5.74, 6) is -1.45. The Morgan fingerprint density at radius 3 is 2.21 bits per heavy atom. The summed E-state index contributed by atoms with van der Waals surface area (Å²) in [6.07, 6.45) is 0. The number of carboxylic acids is 1. The quantitative estimate of drug-likeness (QED) is 0.767. The van der Waals surface area contributed by atoms with Crippen LogP contribution in [-0.4, -0.2) is 46.8 Å². The number of aliphatic carboxylic acids is 1. The summed E-state index contributed by atoms with van der Waals surface area (Å²) in [7, 11) is 3.42. The minimum atomic E-state index is -1.19. The van der Waals surface area contributed by atoms with E-state index in [1.165, 1.54) is 0 Å². The number of urea groups is 1. The Hall–Kier alpha value is -3.04. The number of fused-ring (bicyclic) bond motifs is 1. The third kappa shape index (κ3) is 2.69. The molecule has 1 saturated heterocycles. The topological polar surface area (TPSA) is 100 Å². The lowest BCUT2D eigenvalue weighted by atomic mass is 9.80. The fourth-order valence-electron chi connectivity index (χ4n) is 4.11. The van der Waals surface area contributed by atoms with Crippen molar-refractivity contribution in [3.8, 4) is 0 Å². The van der Waals surface area contributed by atoms with Crippen molar-refractivity contribution in [3.05, 3.63) is 71.8 Å². The molecule has 2 aliphatic heterocycles. The fraction of sp³-hybridized carbons (Fsp3) is 0.250. The number of amides is 2. The van der Waals surface area contributed by atoms with E-state index < -0.39 is 17.3 Å². The molecule has 4 rings (SSSR count). The second-order valence-corrected chi connectivity index (χ2v) is 7.81. The van der Waals surface area contributed by atoms with Crippen LogP contribution in [0.4, 0.5) is 4.79 Å². The van der Waals surface area contributed by atoms with Crippen molar-refractivity contribution in [1.82, 2.24) is 20.7 Å². The molecule has 0 aliphatic carbocycles. The van der Waals surface area contributed by atoms with Gasteiger partial charge in [-0.2, -0.15) is 0 Å². The standard InChI is InChI=1S/C20H21N5O3S/c1-24-18(28)25(2)20(15-11-7-4-8-12-15)19(24,14-9-5-3-6-10-14)21-17(22-23-20)29-13-16(26)27/h3-12,23H,13H2,1-2H3,(H,21,22)(H,26,27)/p-1/t19-,20+/m1/s1. The maximum atomic E-state index is 13.2. The third-order valence-electron chi connectivity index (χ3n) is 5.38. The Morgan fingerprint density at radius 1 is 1.03 bits per heavy atom. The van der Waals surface area contributed by atoms with Gasteiger partial charge in [-0.25, -0.2) is 15.2 Å². The van der Waals surface area contributed by atoms with Gasteiger partial charge in [0.05, 0.1) is 5.97 Å². The summed E-state index contributed by atoms with van der Waals surface area (Å²) in [4.78, 5) is 32.3. The Kier molecular flexibility index (Phi) is 4.71. The number of nitrogens with zero attached hydrogens (tertiary/aromatic N) is 3. The maximum absolute atomic E-state index is 13.2. The van der Waals surface area contributed by atoms with Crippen LogP contribution in [0, 0.1) is 0 Å². The highest BCUT2D eigenvalue weighted by molar-refractivity contribution is 8.14. The summed E-state index contributed by atoms with van der Waals surface area (Å²) in [6.45, 7) is 0. The molecule has 0 bridgehead atoms. The first kappa shape index (κ1) is 19.3. The lowest BCUT2D eigenvalue weighted by Crippen LogP contribution is -2.70. The van der Waals surface area contributed by atoms with Crippen LogP contribution in [0.3, 0.4) is 0 Å². The van der Waals surface area contributed by atoms with Gasteiger partial charge in [0, 0.05) is 25.4 Å². The van der Waals surface area contributed by atoms with Crippen LogP contribution in [0.1, 0.15) is 11.1 Å². The Bertz CT molecular complexity index is 971. The lowest BCUT2D eigenvalue weighted by molar-refractivity contribution is -0.301. The van der Waals surface area contributed by atoms with E-state index in [0.29, 0.717) is 5.17 Å². The number of amidine groups is 1. The molecule has 0 saturated carbocycles. The van der Waals surface area contributed by atoms with E-state index in [4.69, 9.17) is 4.99 Å². The van der Waals surface area contributed by atoms with E-state index in [2.05, 4.69) is 10.9 Å². The monoisotopic (exact) mass is 410 g/mol. The zero-order chi connectivity index (χ0) is 20.6. The number of carboxylic acid groups (broad SMARTS) is 1. The maximum Gasteiger partial charge on any atom is 0.323 e. The molecule has 0 spiro atoms. The van der Waals surface area contributed by atoms with E-state index in [1.54, 1.807) is 23.9 Å². The van der Waals surface area contributed by atoms with Gasteiger partial charge in [0.25, 0.3) is 0 Å². The smallest absolute Gasteiger partial charge is 0.323 e. The van der Waals surface area contributed by atoms with Crippen molar-refractivity contribution in [3.63, 3.8) is 0 Å². The highest BCUT2D eigenvalue weighted by Gasteiger charge is 2.69. The average Bonchev–Trinajstić information content (AvgIpc) is 2.93. The molecule has 2 aromatic carbocycles. The van der Waals surface area contributed by atoms with Crippen molar-refractivity contribution in [1.29, 1.82) is 0 Å². The molecule has 0 radical (unpaired) electrons. The molecule has 150 valence electrons. The van der Waals surface area contributed by atoms with Gasteiger partial charge >= 0.3 is 6.03 Å². The van der Waals surface area contributed by atoms with Gasteiger partial charge in [0.1, 0.15) is 0 Å². The molecule has 2 aromatic rings. The zero-order valence-corrected chi connectivity index (χ0v) is 16.8. The van der Waals surface area contributed by atoms with Crippen molar-refractivity contribution < 1.29 is 14.7 Å². The number of thioether (sulfide) groups is 1. The van der Waals surface area contributed by atoms with Crippen molar-refractivity contribution in [2.24, 2.45) is 4.99 Å². The van der Waals surface area contributed by atoms with Crippen molar-refractivity contribution in [2.45, 2.75) is 11.3 Å². The predicted molar refractivity (Wildman–Crippen MR) is 108 cm³/mol. The van der Waals surface area contributed by atoms with E-state index in [1.807, 2.05) is 60.7 Å². The molecule has 2 N–H and O–H groups in total. The average molecular weight is 410 g/mol. The number of rotatable bonds is 4. The number of nitrogens with one attached hydrogen (secondary N) is 2. The van der Waals surface area contributed by atoms with Gasteiger partial charge < -0.3 is 9.90 Å². The van der Waals surface area contributed by atoms with Gasteiger partial charge in [-0.05, 0) is 5.56 Å². The van der Waals surface area contributed by atoms with Crippen LogP contribution in [0.25, 0.3) is 0 Å². The van der Waals surface area contributed by atoms with E-state index in [-0.39, 0.29) is 11.8 Å². The summed E-state index contributed by atoms with van der Waals surface area (Å²) in [5, 5.41) is 11.3. The molecule has 8 nitrogen and oxygen atoms in total. The third-order valence-corrected chi connectivity index (χ3v) is 6.22. The molecule has 0 unspecified atom stereocenters. The zero-order valence-electron chi connectivity index (χ0n) is 16.0. The molecule has 2 atom stereocenters. The summed E-state index contributed by atoms with van der Waals surface area (Å²) in [5.41, 5.74) is 5.69. The van der Waals surface area contributed by atoms with Crippen molar-refractivity contribution >= 4 is 28.9 Å². The van der Waals surface area contributed by atoms with Gasteiger partial charge in [-0.15, -0.1) is 0 Å². The molecule has 29 heavy (non-hydrogen) atoms. The number of aliphatic imine (C=N–C) groups is 1. The van der Waals surface area contributed by atoms with Crippen LogP contribution >= 0.6 is 11.8 Å². The second kappa shape index (κ2) is 7.09. The first-order valence-electron chi connectivity index (χ1n) is 9.02. The lowest BCUT2D eigenvalue weighted by Gasteiger charge is -2.50. The van der Waals surface area contributed by atoms with E-state index in [0.717, 1.165) is 22.9 Å². The largest absolute Gasteiger partial charge is 0.549 e. The minimum absolute atomic E-state index is 0.220. The Morgan fingerprint density at radius 2 is 1.62 bits per heavy atom. The molecule has 2 heterocycles.